The number of rotatable bonds is 9. The van der Waals surface area contributed by atoms with Gasteiger partial charge in [0.15, 0.2) is 6.61 Å². The van der Waals surface area contributed by atoms with Crippen LogP contribution in [0.1, 0.15) is 81.2 Å². The lowest BCUT2D eigenvalue weighted by atomic mass is 10.00. The Hall–Kier alpha value is -5.44. The van der Waals surface area contributed by atoms with E-state index in [2.05, 4.69) is 27.1 Å². The number of hydrogen-bond acceptors (Lipinski definition) is 9. The van der Waals surface area contributed by atoms with Gasteiger partial charge in [0.05, 0.1) is 30.3 Å². The number of carbonyl (C=O) groups is 4. The largest absolute Gasteiger partial charge is 0.466 e. The number of carbonyl (C=O) groups excluding carboxylic acids is 4. The first-order valence-corrected chi connectivity index (χ1v) is 15.7. The van der Waals surface area contributed by atoms with Crippen LogP contribution in [0.25, 0.3) is 0 Å². The van der Waals surface area contributed by atoms with Crippen molar-refractivity contribution in [3.63, 3.8) is 0 Å². The lowest BCUT2D eigenvalue weighted by molar-refractivity contribution is -0.144. The van der Waals surface area contributed by atoms with Gasteiger partial charge in [-0.15, -0.1) is 0 Å². The molecule has 0 radical (unpaired) electrons. The van der Waals surface area contributed by atoms with Crippen molar-refractivity contribution in [2.75, 3.05) is 30.0 Å². The van der Waals surface area contributed by atoms with Crippen molar-refractivity contribution in [2.24, 2.45) is 0 Å². The predicted octanol–water partition coefficient (Wildman–Crippen LogP) is 5.45. The Kier molecular flexibility index (Phi) is 11.4. The third-order valence-electron chi connectivity index (χ3n) is 7.03. The normalized spacial score (nSPS) is 13.6. The van der Waals surface area contributed by atoms with E-state index in [1.807, 2.05) is 44.2 Å². The molecule has 1 N–H and O–H groups in total. The molecule has 3 aromatic rings. The lowest BCUT2D eigenvalue weighted by Crippen LogP contribution is -2.44. The molecule has 252 valence electrons. The summed E-state index contributed by atoms with van der Waals surface area (Å²) < 4.78 is 16.2. The molecule has 2 aromatic carbocycles. The van der Waals surface area contributed by atoms with Crippen molar-refractivity contribution < 1.29 is 33.4 Å². The van der Waals surface area contributed by atoms with Gasteiger partial charge in [0.25, 0.3) is 5.91 Å². The maximum Gasteiger partial charge on any atom is 0.414 e. The molecular weight excluding hydrogens is 614 g/mol. The first-order chi connectivity index (χ1) is 22.8. The number of esters is 1. The molecule has 3 amide bonds. The highest BCUT2D eigenvalue weighted by Gasteiger charge is 2.37. The molecule has 48 heavy (non-hydrogen) atoms. The van der Waals surface area contributed by atoms with E-state index in [9.17, 15) is 19.2 Å². The Labute approximate surface area is 280 Å². The maximum absolute atomic E-state index is 14.3. The molecule has 0 saturated carbocycles. The number of anilines is 2. The van der Waals surface area contributed by atoms with E-state index in [4.69, 9.17) is 14.2 Å². The number of fused-ring (bicyclic) bond motifs is 1. The molecule has 12 nitrogen and oxygen atoms in total. The standard InChI is InChI=1S/C36H41N5O7/c1-8-46-32(43)21-29(26-14-10-9-11-15-26)40-22-31(42)41(23(2)3)28-17-16-25(20-27(28)33(40)44)13-12-18-47-30-19-24(4)37-34(38-30)39-35(45)48-36(5,6)7/h9-11,14-17,19-20,23,29H,8,18,21-22H2,1-7H3,(H,37,38,39,45). The summed E-state index contributed by atoms with van der Waals surface area (Å²) in [4.78, 5) is 64.2. The Balaban J connectivity index is 1.60. The molecule has 0 spiro atoms. The molecule has 0 aliphatic carbocycles. The highest BCUT2D eigenvalue weighted by molar-refractivity contribution is 6.10. The van der Waals surface area contributed by atoms with E-state index in [0.29, 0.717) is 22.5 Å². The quantitative estimate of drug-likeness (QED) is 0.235. The lowest BCUT2D eigenvalue weighted by Gasteiger charge is -2.31. The maximum atomic E-state index is 14.3. The van der Waals surface area contributed by atoms with Gasteiger partial charge in [-0.05, 0) is 72.2 Å². The SMILES string of the molecule is CCOC(=O)CC(c1ccccc1)N1CC(=O)N(C(C)C)c2ccc(C#CCOc3cc(C)nc(NC(=O)OC(C)(C)C)n3)cc2C1=O. The zero-order valence-corrected chi connectivity index (χ0v) is 28.3. The predicted molar refractivity (Wildman–Crippen MR) is 180 cm³/mol. The second-order valence-electron chi connectivity index (χ2n) is 12.3. The fourth-order valence-corrected chi connectivity index (χ4v) is 5.17. The van der Waals surface area contributed by atoms with Crippen LogP contribution in [0, 0.1) is 18.8 Å². The minimum Gasteiger partial charge on any atom is -0.466 e. The highest BCUT2D eigenvalue weighted by Crippen LogP contribution is 2.34. The van der Waals surface area contributed by atoms with E-state index in [1.165, 1.54) is 4.90 Å². The Morgan fingerprint density at radius 3 is 2.44 bits per heavy atom. The highest BCUT2D eigenvalue weighted by atomic mass is 16.6. The smallest absolute Gasteiger partial charge is 0.414 e. The van der Waals surface area contributed by atoms with E-state index in [0.717, 1.165) is 0 Å². The number of amides is 3. The van der Waals surface area contributed by atoms with E-state index in [-0.39, 0.29) is 55.5 Å². The van der Waals surface area contributed by atoms with Crippen LogP contribution in [0.3, 0.4) is 0 Å². The summed E-state index contributed by atoms with van der Waals surface area (Å²) in [6, 6.07) is 14.9. The summed E-state index contributed by atoms with van der Waals surface area (Å²) >= 11 is 0. The third kappa shape index (κ3) is 9.31. The van der Waals surface area contributed by atoms with Crippen molar-refractivity contribution in [2.45, 2.75) is 72.6 Å². The van der Waals surface area contributed by atoms with Crippen LogP contribution in [0.2, 0.25) is 0 Å². The summed E-state index contributed by atoms with van der Waals surface area (Å²) in [6.07, 6.45) is -0.800. The summed E-state index contributed by atoms with van der Waals surface area (Å²) in [5.41, 5.74) is 1.87. The Morgan fingerprint density at radius 1 is 1.04 bits per heavy atom. The number of hydrogen-bond donors (Lipinski definition) is 1. The van der Waals surface area contributed by atoms with E-state index >= 15 is 0 Å². The van der Waals surface area contributed by atoms with Crippen LogP contribution >= 0.6 is 0 Å². The summed E-state index contributed by atoms with van der Waals surface area (Å²) in [7, 11) is 0. The first kappa shape index (κ1) is 35.4. The zero-order valence-electron chi connectivity index (χ0n) is 28.3. The fourth-order valence-electron chi connectivity index (χ4n) is 5.17. The van der Waals surface area contributed by atoms with Crippen molar-refractivity contribution in [1.29, 1.82) is 0 Å². The minimum atomic E-state index is -0.726. The monoisotopic (exact) mass is 655 g/mol. The Morgan fingerprint density at radius 2 is 1.77 bits per heavy atom. The average Bonchev–Trinajstić information content (AvgIpc) is 3.10. The number of benzene rings is 2. The molecule has 1 unspecified atom stereocenters. The van der Waals surface area contributed by atoms with Gasteiger partial charge in [0, 0.05) is 23.4 Å². The molecule has 2 heterocycles. The molecule has 0 saturated heterocycles. The molecular formula is C36H41N5O7. The van der Waals surface area contributed by atoms with Gasteiger partial charge in [-0.2, -0.15) is 4.98 Å². The number of aryl methyl sites for hydroxylation is 1. The van der Waals surface area contributed by atoms with Gasteiger partial charge < -0.3 is 24.0 Å². The molecule has 1 aromatic heterocycles. The van der Waals surface area contributed by atoms with E-state index < -0.39 is 29.6 Å². The van der Waals surface area contributed by atoms with Crippen LogP contribution in [-0.2, 0) is 19.1 Å². The van der Waals surface area contributed by atoms with Gasteiger partial charge in [-0.3, -0.25) is 19.7 Å². The number of nitrogens with one attached hydrogen (secondary N) is 1. The summed E-state index contributed by atoms with van der Waals surface area (Å²) in [5, 5.41) is 2.50. The molecule has 0 fully saturated rings. The first-order valence-electron chi connectivity index (χ1n) is 15.7. The molecule has 0 bridgehead atoms. The van der Waals surface area contributed by atoms with Crippen molar-refractivity contribution >= 4 is 35.5 Å². The zero-order chi connectivity index (χ0) is 35.0. The second kappa shape index (κ2) is 15.4. The van der Waals surface area contributed by atoms with Crippen molar-refractivity contribution in [3.05, 3.63) is 77.0 Å². The van der Waals surface area contributed by atoms with Gasteiger partial charge >= 0.3 is 12.1 Å². The second-order valence-corrected chi connectivity index (χ2v) is 12.3. The molecule has 1 atom stereocenters. The number of nitrogens with zero attached hydrogens (tertiary/aromatic N) is 4. The molecule has 1 aliphatic heterocycles. The van der Waals surface area contributed by atoms with Gasteiger partial charge in [-0.25, -0.2) is 9.78 Å². The van der Waals surface area contributed by atoms with Gasteiger partial charge in [0.1, 0.15) is 12.1 Å². The van der Waals surface area contributed by atoms with Crippen LogP contribution in [-0.4, -0.2) is 70.1 Å². The fraction of sp³-hybridized carbons (Fsp3) is 0.389. The third-order valence-corrected chi connectivity index (χ3v) is 7.03. The Bertz CT molecular complexity index is 1720. The molecule has 12 heteroatoms. The van der Waals surface area contributed by atoms with Crippen LogP contribution in [0.5, 0.6) is 5.88 Å². The van der Waals surface area contributed by atoms with Gasteiger partial charge in [-0.1, -0.05) is 42.2 Å². The van der Waals surface area contributed by atoms with Gasteiger partial charge in [0.2, 0.25) is 17.7 Å². The van der Waals surface area contributed by atoms with Crippen LogP contribution in [0.15, 0.2) is 54.6 Å². The summed E-state index contributed by atoms with van der Waals surface area (Å²) in [5.74, 6) is 5.04. The molecule has 1 aliphatic rings. The van der Waals surface area contributed by atoms with Crippen molar-refractivity contribution in [1.82, 2.24) is 14.9 Å². The topological polar surface area (TPSA) is 140 Å². The average molecular weight is 656 g/mol. The van der Waals surface area contributed by atoms with Crippen LogP contribution < -0.4 is 15.0 Å². The van der Waals surface area contributed by atoms with Crippen LogP contribution in [0.4, 0.5) is 16.4 Å². The number of ether oxygens (including phenoxy) is 3. The summed E-state index contributed by atoms with van der Waals surface area (Å²) in [6.45, 7) is 12.4. The van der Waals surface area contributed by atoms with E-state index in [1.54, 1.807) is 63.8 Å². The van der Waals surface area contributed by atoms with Crippen molar-refractivity contribution in [3.8, 4) is 17.7 Å². The minimum absolute atomic E-state index is 0.0297. The number of aromatic nitrogens is 2. The molecule has 4 rings (SSSR count).